The van der Waals surface area contributed by atoms with Crippen molar-refractivity contribution >= 4 is 39.5 Å². The number of unbranched alkanes of at least 4 members (excludes halogenated alkanes) is 41. The topological polar surface area (TPSA) is 237 Å². The minimum Gasteiger partial charge on any atom is -0.462 e. The van der Waals surface area contributed by atoms with E-state index in [1.807, 2.05) is 0 Å². The number of esters is 4. The molecule has 0 aliphatic heterocycles. The summed E-state index contributed by atoms with van der Waals surface area (Å²) >= 11 is 0. The molecule has 98 heavy (non-hydrogen) atoms. The standard InChI is InChI=1S/C79H154O17P2/c1-9-72(8)58-50-42-34-24-20-16-14-12-10-11-13-15-17-21-25-35-43-51-59-76(81)89-65-74(95-78(83)61-53-45-37-26-22-18-19-23-31-39-47-55-69(2)3)67-93-97(85,86)91-63-73(80)64-92-98(87,88)94-68-75(96-79(84)62-54-46-38-30-28-33-41-49-57-71(6)7)66-90-77(82)60-52-44-36-29-27-32-40-48-56-70(4)5/h69-75,80H,9-68H2,1-8H3,(H,85,86)(H,87,88)/t72?,73?,74-,75-/m1/s1. The van der Waals surface area contributed by atoms with Crippen LogP contribution in [0.1, 0.15) is 402 Å². The van der Waals surface area contributed by atoms with Crippen LogP contribution in [0.5, 0.6) is 0 Å². The molecule has 0 aliphatic carbocycles. The van der Waals surface area contributed by atoms with Gasteiger partial charge in [-0.05, 0) is 49.4 Å². The zero-order valence-corrected chi connectivity index (χ0v) is 66.2. The number of carbonyl (C=O) groups excluding carboxylic acids is 4. The number of phosphoric ester groups is 2. The van der Waals surface area contributed by atoms with Gasteiger partial charge in [-0.1, -0.05) is 351 Å². The van der Waals surface area contributed by atoms with Crippen LogP contribution in [0.4, 0.5) is 0 Å². The molecule has 0 aromatic carbocycles. The fourth-order valence-electron chi connectivity index (χ4n) is 12.0. The van der Waals surface area contributed by atoms with Crippen LogP contribution in [-0.4, -0.2) is 96.7 Å². The lowest BCUT2D eigenvalue weighted by Gasteiger charge is -2.21. The molecule has 3 N–H and O–H groups in total. The zero-order chi connectivity index (χ0) is 72.4. The minimum atomic E-state index is -4.96. The molecular weight excluding hydrogens is 1280 g/mol. The van der Waals surface area contributed by atoms with Gasteiger partial charge in [-0.2, -0.15) is 0 Å². The zero-order valence-electron chi connectivity index (χ0n) is 64.4. The molecule has 0 radical (unpaired) electrons. The summed E-state index contributed by atoms with van der Waals surface area (Å²) in [5.41, 5.74) is 0. The summed E-state index contributed by atoms with van der Waals surface area (Å²) in [6, 6.07) is 0. The molecule has 0 aromatic rings. The Labute approximate surface area is 600 Å². The number of phosphoric acid groups is 2. The Morgan fingerprint density at radius 2 is 0.490 bits per heavy atom. The Morgan fingerprint density at radius 3 is 0.724 bits per heavy atom. The van der Waals surface area contributed by atoms with E-state index < -0.39 is 97.5 Å². The van der Waals surface area contributed by atoms with Crippen molar-refractivity contribution in [1.82, 2.24) is 0 Å². The number of aliphatic hydroxyl groups excluding tert-OH is 1. The van der Waals surface area contributed by atoms with Crippen molar-refractivity contribution in [3.8, 4) is 0 Å². The van der Waals surface area contributed by atoms with E-state index in [1.54, 1.807) is 0 Å². The molecule has 0 rings (SSSR count). The number of carbonyl (C=O) groups is 4. The van der Waals surface area contributed by atoms with E-state index in [1.165, 1.54) is 205 Å². The fraction of sp³-hybridized carbons (Fsp3) is 0.949. The summed E-state index contributed by atoms with van der Waals surface area (Å²) in [6.45, 7) is 14.2. The first kappa shape index (κ1) is 96.1. The lowest BCUT2D eigenvalue weighted by Crippen LogP contribution is -2.30. The quantitative estimate of drug-likeness (QED) is 0.0222. The summed E-state index contributed by atoms with van der Waals surface area (Å²) < 4.78 is 68.6. The van der Waals surface area contributed by atoms with Crippen LogP contribution < -0.4 is 0 Å². The molecule has 0 spiro atoms. The van der Waals surface area contributed by atoms with E-state index in [0.29, 0.717) is 25.7 Å². The van der Waals surface area contributed by atoms with Gasteiger partial charge in [0.15, 0.2) is 12.2 Å². The maximum absolute atomic E-state index is 13.1. The van der Waals surface area contributed by atoms with E-state index in [2.05, 4.69) is 55.4 Å². The molecule has 0 fully saturated rings. The van der Waals surface area contributed by atoms with Crippen LogP contribution in [0.3, 0.4) is 0 Å². The first-order chi connectivity index (χ1) is 47.1. The minimum absolute atomic E-state index is 0.104. The van der Waals surface area contributed by atoms with Crippen LogP contribution in [0, 0.1) is 23.7 Å². The summed E-state index contributed by atoms with van der Waals surface area (Å²) in [7, 11) is -9.92. The van der Waals surface area contributed by atoms with Crippen LogP contribution in [0.25, 0.3) is 0 Å². The van der Waals surface area contributed by atoms with Crippen LogP contribution in [0.15, 0.2) is 0 Å². The predicted molar refractivity (Wildman–Crippen MR) is 400 cm³/mol. The molecule has 19 heteroatoms. The van der Waals surface area contributed by atoms with Gasteiger partial charge < -0.3 is 33.8 Å². The number of hydrogen-bond donors (Lipinski definition) is 3. The number of ether oxygens (including phenoxy) is 4. The smallest absolute Gasteiger partial charge is 0.462 e. The summed E-state index contributed by atoms with van der Waals surface area (Å²) in [4.78, 5) is 72.9. The summed E-state index contributed by atoms with van der Waals surface area (Å²) in [6.07, 6.45) is 54.3. The van der Waals surface area contributed by atoms with Gasteiger partial charge in [0, 0.05) is 25.7 Å². The number of rotatable bonds is 76. The lowest BCUT2D eigenvalue weighted by atomic mass is 9.99. The van der Waals surface area contributed by atoms with E-state index in [9.17, 15) is 43.2 Å². The highest BCUT2D eigenvalue weighted by molar-refractivity contribution is 7.47. The monoisotopic (exact) mass is 1440 g/mol. The van der Waals surface area contributed by atoms with Crippen molar-refractivity contribution in [3.63, 3.8) is 0 Å². The molecule has 0 saturated carbocycles. The fourth-order valence-corrected chi connectivity index (χ4v) is 13.6. The van der Waals surface area contributed by atoms with Gasteiger partial charge in [0.2, 0.25) is 0 Å². The van der Waals surface area contributed by atoms with Crippen LogP contribution >= 0.6 is 15.6 Å². The molecule has 0 aliphatic rings. The average molecular weight is 1440 g/mol. The van der Waals surface area contributed by atoms with Gasteiger partial charge in [-0.25, -0.2) is 9.13 Å². The highest BCUT2D eigenvalue weighted by Gasteiger charge is 2.30. The molecule has 0 heterocycles. The second-order valence-corrected chi connectivity index (χ2v) is 33.0. The Kier molecular flexibility index (Phi) is 66.8. The van der Waals surface area contributed by atoms with Gasteiger partial charge in [0.25, 0.3) is 0 Å². The van der Waals surface area contributed by atoms with Gasteiger partial charge in [-0.3, -0.25) is 37.3 Å². The highest BCUT2D eigenvalue weighted by atomic mass is 31.2. The molecule has 582 valence electrons. The first-order valence-electron chi connectivity index (χ1n) is 40.7. The summed E-state index contributed by atoms with van der Waals surface area (Å²) in [5.74, 6) is 0.963. The third-order valence-corrected chi connectivity index (χ3v) is 20.6. The van der Waals surface area contributed by atoms with Gasteiger partial charge in [0.05, 0.1) is 26.4 Å². The van der Waals surface area contributed by atoms with Crippen LogP contribution in [-0.2, 0) is 65.4 Å². The molecule has 0 saturated heterocycles. The van der Waals surface area contributed by atoms with Gasteiger partial charge in [-0.15, -0.1) is 0 Å². The van der Waals surface area contributed by atoms with E-state index in [4.69, 9.17) is 37.0 Å². The van der Waals surface area contributed by atoms with E-state index in [-0.39, 0.29) is 25.7 Å². The van der Waals surface area contributed by atoms with Crippen molar-refractivity contribution in [2.45, 2.75) is 420 Å². The maximum atomic E-state index is 13.1. The van der Waals surface area contributed by atoms with Crippen LogP contribution in [0.2, 0.25) is 0 Å². The molecule has 0 bridgehead atoms. The first-order valence-corrected chi connectivity index (χ1v) is 43.7. The normalized spacial score (nSPS) is 14.3. The molecular formula is C79H154O17P2. The van der Waals surface area contributed by atoms with Gasteiger partial charge in [0.1, 0.15) is 19.3 Å². The highest BCUT2D eigenvalue weighted by Crippen LogP contribution is 2.45. The van der Waals surface area contributed by atoms with Crippen molar-refractivity contribution in [3.05, 3.63) is 0 Å². The van der Waals surface area contributed by atoms with Crippen molar-refractivity contribution in [2.75, 3.05) is 39.6 Å². The summed E-state index contributed by atoms with van der Waals surface area (Å²) in [5, 5.41) is 10.6. The van der Waals surface area contributed by atoms with E-state index in [0.717, 1.165) is 114 Å². The van der Waals surface area contributed by atoms with Crippen molar-refractivity contribution in [2.24, 2.45) is 23.7 Å². The molecule has 0 amide bonds. The molecule has 17 nitrogen and oxygen atoms in total. The predicted octanol–water partition coefficient (Wildman–Crippen LogP) is 23.2. The molecule has 4 unspecified atom stereocenters. The van der Waals surface area contributed by atoms with Gasteiger partial charge >= 0.3 is 39.5 Å². The number of aliphatic hydroxyl groups is 1. The third kappa shape index (κ3) is 71.1. The molecule has 6 atom stereocenters. The van der Waals surface area contributed by atoms with Crippen molar-refractivity contribution < 1.29 is 80.2 Å². The third-order valence-electron chi connectivity index (χ3n) is 18.7. The Bertz CT molecular complexity index is 1920. The largest absolute Gasteiger partial charge is 0.472 e. The Hall–Kier alpha value is -1.94. The van der Waals surface area contributed by atoms with Crippen molar-refractivity contribution in [1.29, 1.82) is 0 Å². The Balaban J connectivity index is 5.18. The number of hydrogen-bond acceptors (Lipinski definition) is 15. The molecule has 0 aromatic heterocycles. The maximum Gasteiger partial charge on any atom is 0.472 e. The van der Waals surface area contributed by atoms with E-state index >= 15 is 0 Å². The second kappa shape index (κ2) is 68.2. The second-order valence-electron chi connectivity index (χ2n) is 30.1. The SMILES string of the molecule is CCC(C)CCCCCCCCCCCCCCCCCCCCC(=O)OC[C@H](COP(=O)(O)OCC(O)COP(=O)(O)OC[C@@H](COC(=O)CCCCCCCCCCC(C)C)OC(=O)CCCCCCCCCCC(C)C)OC(=O)CCCCCCCCCCCCCC(C)C. The Morgan fingerprint density at radius 1 is 0.286 bits per heavy atom. The average Bonchev–Trinajstić information content (AvgIpc) is 1.04. The lowest BCUT2D eigenvalue weighted by molar-refractivity contribution is -0.161.